The van der Waals surface area contributed by atoms with E-state index < -0.39 is 0 Å². The third-order valence-electron chi connectivity index (χ3n) is 3.23. The maximum absolute atomic E-state index is 12.0. The van der Waals surface area contributed by atoms with Crippen molar-refractivity contribution in [2.45, 2.75) is 45.9 Å². The molecule has 0 saturated carbocycles. The number of amides is 1. The first kappa shape index (κ1) is 15.4. The van der Waals surface area contributed by atoms with Gasteiger partial charge in [-0.15, -0.1) is 0 Å². The van der Waals surface area contributed by atoms with E-state index in [1.54, 1.807) is 0 Å². The molecule has 3 unspecified atom stereocenters. The Kier molecular flexibility index (Phi) is 6.05. The van der Waals surface area contributed by atoms with Gasteiger partial charge in [-0.05, 0) is 19.8 Å². The Morgan fingerprint density at radius 1 is 1.44 bits per heavy atom. The van der Waals surface area contributed by atoms with Gasteiger partial charge in [0.05, 0.1) is 18.2 Å². The smallest absolute Gasteiger partial charge is 0.237 e. The largest absolute Gasteiger partial charge is 0.371 e. The van der Waals surface area contributed by atoms with Crippen LogP contribution in [-0.4, -0.2) is 55.2 Å². The molecule has 1 fully saturated rings. The lowest BCUT2D eigenvalue weighted by molar-refractivity contribution is -0.132. The number of ether oxygens (including phenoxy) is 1. The van der Waals surface area contributed by atoms with Crippen molar-refractivity contribution in [3.05, 3.63) is 0 Å². The number of nitrogens with one attached hydrogen (secondary N) is 1. The van der Waals surface area contributed by atoms with Crippen molar-refractivity contribution >= 4 is 5.91 Å². The van der Waals surface area contributed by atoms with Gasteiger partial charge in [0.15, 0.2) is 0 Å². The maximum atomic E-state index is 12.0. The Morgan fingerprint density at radius 2 is 2.11 bits per heavy atom. The Morgan fingerprint density at radius 3 is 2.67 bits per heavy atom. The van der Waals surface area contributed by atoms with Gasteiger partial charge in [-0.1, -0.05) is 13.8 Å². The van der Waals surface area contributed by atoms with Crippen molar-refractivity contribution in [3.63, 3.8) is 0 Å². The monoisotopic (exact) mass is 257 g/mol. The fourth-order valence-electron chi connectivity index (χ4n) is 2.15. The van der Waals surface area contributed by atoms with Crippen molar-refractivity contribution < 1.29 is 9.53 Å². The Bertz CT molecular complexity index is 271. The highest BCUT2D eigenvalue weighted by atomic mass is 16.5. The molecule has 18 heavy (non-hydrogen) atoms. The molecule has 5 nitrogen and oxygen atoms in total. The Hall–Kier alpha value is -0.650. The minimum Gasteiger partial charge on any atom is -0.371 e. The van der Waals surface area contributed by atoms with E-state index in [1.165, 1.54) is 0 Å². The number of hydrogen-bond donors (Lipinski definition) is 2. The number of nitrogens with two attached hydrogens (primary N) is 1. The van der Waals surface area contributed by atoms with E-state index in [0.29, 0.717) is 12.5 Å². The van der Waals surface area contributed by atoms with E-state index in [1.807, 2.05) is 13.8 Å². The van der Waals surface area contributed by atoms with Crippen LogP contribution in [0.4, 0.5) is 0 Å². The van der Waals surface area contributed by atoms with Gasteiger partial charge < -0.3 is 15.8 Å². The van der Waals surface area contributed by atoms with Crippen molar-refractivity contribution in [2.75, 3.05) is 26.2 Å². The summed E-state index contributed by atoms with van der Waals surface area (Å²) in [5.41, 5.74) is 5.65. The van der Waals surface area contributed by atoms with Crippen LogP contribution in [0.25, 0.3) is 0 Å². The molecule has 106 valence electrons. The minimum atomic E-state index is -0.121. The first-order valence-corrected chi connectivity index (χ1v) is 6.81. The number of carbonyl (C=O) groups excluding carboxylic acids is 1. The lowest BCUT2D eigenvalue weighted by atomic mass is 10.1. The molecule has 0 aromatic heterocycles. The quantitative estimate of drug-likeness (QED) is 0.738. The van der Waals surface area contributed by atoms with Crippen LogP contribution in [0.1, 0.15) is 27.7 Å². The van der Waals surface area contributed by atoms with Crippen LogP contribution in [0.2, 0.25) is 0 Å². The zero-order valence-electron chi connectivity index (χ0n) is 12.0. The van der Waals surface area contributed by atoms with Gasteiger partial charge in [-0.25, -0.2) is 0 Å². The van der Waals surface area contributed by atoms with Crippen molar-refractivity contribution in [1.82, 2.24) is 10.2 Å². The summed E-state index contributed by atoms with van der Waals surface area (Å²) in [5.74, 6) is 0.565. The second-order valence-electron chi connectivity index (χ2n) is 5.57. The summed E-state index contributed by atoms with van der Waals surface area (Å²) < 4.78 is 5.70. The highest BCUT2D eigenvalue weighted by Crippen LogP contribution is 2.13. The van der Waals surface area contributed by atoms with E-state index >= 15 is 0 Å². The van der Waals surface area contributed by atoms with Crippen LogP contribution in [0.3, 0.4) is 0 Å². The predicted molar refractivity (Wildman–Crippen MR) is 72.3 cm³/mol. The van der Waals surface area contributed by atoms with Gasteiger partial charge in [0.25, 0.3) is 0 Å². The molecule has 0 aromatic rings. The number of morpholine rings is 1. The molecule has 1 amide bonds. The summed E-state index contributed by atoms with van der Waals surface area (Å²) in [6.07, 6.45) is 0.168. The van der Waals surface area contributed by atoms with Crippen molar-refractivity contribution in [3.8, 4) is 0 Å². The molecular formula is C13H27N3O2. The molecule has 0 aliphatic carbocycles. The van der Waals surface area contributed by atoms with Crippen LogP contribution < -0.4 is 11.1 Å². The van der Waals surface area contributed by atoms with E-state index in [9.17, 15) is 4.79 Å². The summed E-state index contributed by atoms with van der Waals surface area (Å²) in [6, 6.07) is -0.121. The van der Waals surface area contributed by atoms with Crippen LogP contribution in [0.5, 0.6) is 0 Å². The second-order valence-corrected chi connectivity index (χ2v) is 5.57. The number of rotatable bonds is 5. The fraction of sp³-hybridized carbons (Fsp3) is 0.923. The van der Waals surface area contributed by atoms with Gasteiger partial charge in [0.1, 0.15) is 0 Å². The standard InChI is InChI=1S/C13H27N3O2/c1-9(2)6-15-13(17)11(4)16-7-10(3)18-12(5-14)8-16/h9-12H,5-8,14H2,1-4H3,(H,15,17). The predicted octanol–water partition coefficient (Wildman–Crippen LogP) is 0.195. The molecule has 1 aliphatic heterocycles. The molecule has 3 atom stereocenters. The van der Waals surface area contributed by atoms with Gasteiger partial charge in [0.2, 0.25) is 5.91 Å². The lowest BCUT2D eigenvalue weighted by Crippen LogP contribution is -2.56. The SMILES string of the molecule is CC(C)CNC(=O)C(C)N1CC(C)OC(CN)C1. The van der Waals surface area contributed by atoms with Crippen molar-refractivity contribution in [2.24, 2.45) is 11.7 Å². The fourth-order valence-corrected chi connectivity index (χ4v) is 2.15. The summed E-state index contributed by atoms with van der Waals surface area (Å²) in [6.45, 7) is 10.9. The van der Waals surface area contributed by atoms with Crippen LogP contribution >= 0.6 is 0 Å². The molecule has 0 spiro atoms. The van der Waals surface area contributed by atoms with E-state index in [2.05, 4.69) is 24.1 Å². The summed E-state index contributed by atoms with van der Waals surface area (Å²) in [5, 5.41) is 2.97. The van der Waals surface area contributed by atoms with Crippen LogP contribution in [-0.2, 0) is 9.53 Å². The molecule has 0 aromatic carbocycles. The molecule has 1 rings (SSSR count). The van der Waals surface area contributed by atoms with Gasteiger partial charge >= 0.3 is 0 Å². The molecule has 1 saturated heterocycles. The van der Waals surface area contributed by atoms with Crippen molar-refractivity contribution in [1.29, 1.82) is 0 Å². The average molecular weight is 257 g/mol. The topological polar surface area (TPSA) is 67.6 Å². The number of hydrogen-bond acceptors (Lipinski definition) is 4. The highest BCUT2D eigenvalue weighted by Gasteiger charge is 2.30. The summed E-state index contributed by atoms with van der Waals surface area (Å²) in [7, 11) is 0. The van der Waals surface area contributed by atoms with Crippen LogP contribution in [0.15, 0.2) is 0 Å². The number of carbonyl (C=O) groups is 1. The molecule has 1 aliphatic rings. The Labute approximate surface area is 110 Å². The third-order valence-corrected chi connectivity index (χ3v) is 3.23. The van der Waals surface area contributed by atoms with E-state index in [4.69, 9.17) is 10.5 Å². The van der Waals surface area contributed by atoms with E-state index in [-0.39, 0.29) is 24.2 Å². The lowest BCUT2D eigenvalue weighted by Gasteiger charge is -2.39. The zero-order chi connectivity index (χ0) is 13.7. The summed E-state index contributed by atoms with van der Waals surface area (Å²) >= 11 is 0. The molecule has 0 radical (unpaired) electrons. The zero-order valence-corrected chi connectivity index (χ0v) is 12.0. The van der Waals surface area contributed by atoms with Crippen LogP contribution in [0, 0.1) is 5.92 Å². The third kappa shape index (κ3) is 4.55. The molecule has 0 bridgehead atoms. The van der Waals surface area contributed by atoms with E-state index in [0.717, 1.165) is 19.6 Å². The summed E-state index contributed by atoms with van der Waals surface area (Å²) in [4.78, 5) is 14.2. The average Bonchev–Trinajstić information content (AvgIpc) is 2.34. The highest BCUT2D eigenvalue weighted by molar-refractivity contribution is 5.81. The maximum Gasteiger partial charge on any atom is 0.237 e. The normalized spacial score (nSPS) is 27.2. The molecule has 1 heterocycles. The first-order valence-electron chi connectivity index (χ1n) is 6.81. The van der Waals surface area contributed by atoms with Gasteiger partial charge in [0, 0.05) is 26.2 Å². The number of nitrogens with zero attached hydrogens (tertiary/aromatic N) is 1. The minimum absolute atomic E-state index is 0.0362. The molecule has 5 heteroatoms. The second kappa shape index (κ2) is 7.07. The van der Waals surface area contributed by atoms with Gasteiger partial charge in [-0.2, -0.15) is 0 Å². The van der Waals surface area contributed by atoms with Gasteiger partial charge in [-0.3, -0.25) is 9.69 Å². The molecule has 3 N–H and O–H groups in total. The Balaban J connectivity index is 2.48. The molecular weight excluding hydrogens is 230 g/mol. The first-order chi connectivity index (χ1) is 8.43.